The summed E-state index contributed by atoms with van der Waals surface area (Å²) in [6, 6.07) is 2.53. The molecule has 0 saturated heterocycles. The first-order valence-electron chi connectivity index (χ1n) is 7.71. The normalized spacial score (nSPS) is 22.6. The number of aryl methyl sites for hydroxylation is 1. The molecule has 1 aliphatic rings. The molecule has 0 aromatic carbocycles. The number of nitrogen functional groups attached to an aromatic ring is 1. The molecular formula is C15H27N5. The molecule has 0 radical (unpaired) electrons. The van der Waals surface area contributed by atoms with E-state index in [0.717, 1.165) is 30.4 Å². The van der Waals surface area contributed by atoms with Gasteiger partial charge >= 0.3 is 0 Å². The van der Waals surface area contributed by atoms with Crippen molar-refractivity contribution < 1.29 is 0 Å². The highest BCUT2D eigenvalue weighted by Crippen LogP contribution is 2.29. The Balaban J connectivity index is 2.15. The Hall–Kier alpha value is -1.36. The van der Waals surface area contributed by atoms with Gasteiger partial charge in [-0.3, -0.25) is 0 Å². The second kappa shape index (κ2) is 6.88. The number of anilines is 2. The van der Waals surface area contributed by atoms with Gasteiger partial charge in [0.1, 0.15) is 17.5 Å². The van der Waals surface area contributed by atoms with Crippen molar-refractivity contribution in [2.24, 2.45) is 11.8 Å². The van der Waals surface area contributed by atoms with Gasteiger partial charge < -0.3 is 10.3 Å². The molecule has 5 nitrogen and oxygen atoms in total. The maximum absolute atomic E-state index is 5.52. The Bertz CT molecular complexity index is 426. The summed E-state index contributed by atoms with van der Waals surface area (Å²) in [5.74, 6) is 8.94. The Morgan fingerprint density at radius 2 is 2.00 bits per heavy atom. The van der Waals surface area contributed by atoms with Gasteiger partial charge in [0, 0.05) is 25.6 Å². The van der Waals surface area contributed by atoms with Crippen molar-refractivity contribution in [2.75, 3.05) is 17.4 Å². The van der Waals surface area contributed by atoms with E-state index in [0.29, 0.717) is 11.9 Å². The van der Waals surface area contributed by atoms with Crippen LogP contribution in [0, 0.1) is 5.92 Å². The predicted molar refractivity (Wildman–Crippen MR) is 83.7 cm³/mol. The fourth-order valence-corrected chi connectivity index (χ4v) is 2.89. The smallest absolute Gasteiger partial charge is 0.145 e. The van der Waals surface area contributed by atoms with Crippen LogP contribution >= 0.6 is 0 Å². The molecule has 0 aliphatic heterocycles. The van der Waals surface area contributed by atoms with Crippen LogP contribution in [0.5, 0.6) is 0 Å². The second-order valence-electron chi connectivity index (χ2n) is 5.95. The van der Waals surface area contributed by atoms with Crippen LogP contribution in [0.4, 0.5) is 11.6 Å². The van der Waals surface area contributed by atoms with Crippen molar-refractivity contribution in [3.8, 4) is 0 Å². The molecule has 1 heterocycles. The maximum atomic E-state index is 5.52. The van der Waals surface area contributed by atoms with Gasteiger partial charge in [0.25, 0.3) is 0 Å². The number of hydrogen-bond donors (Lipinski definition) is 2. The average molecular weight is 277 g/mol. The van der Waals surface area contributed by atoms with Crippen molar-refractivity contribution in [3.63, 3.8) is 0 Å². The van der Waals surface area contributed by atoms with Gasteiger partial charge in [-0.05, 0) is 38.0 Å². The van der Waals surface area contributed by atoms with Crippen LogP contribution in [0.25, 0.3) is 0 Å². The molecule has 1 fully saturated rings. The standard InChI is InChI=1S/C15H27N5/c1-4-5-13-17-14(19-16)10-15(18-13)20(3)12-8-6-11(2)7-9-12/h10-12H,4-9,16H2,1-3H3,(H,17,18,19). The van der Waals surface area contributed by atoms with Crippen molar-refractivity contribution in [1.82, 2.24) is 9.97 Å². The highest BCUT2D eigenvalue weighted by Gasteiger charge is 2.23. The van der Waals surface area contributed by atoms with Crippen LogP contribution in [0.2, 0.25) is 0 Å². The Kier molecular flexibility index (Phi) is 5.17. The molecular weight excluding hydrogens is 250 g/mol. The molecule has 1 aliphatic carbocycles. The molecule has 1 aromatic heterocycles. The average Bonchev–Trinajstić information content (AvgIpc) is 2.47. The van der Waals surface area contributed by atoms with Crippen molar-refractivity contribution >= 4 is 11.6 Å². The van der Waals surface area contributed by atoms with Crippen LogP contribution < -0.4 is 16.2 Å². The molecule has 1 saturated carbocycles. The molecule has 0 atom stereocenters. The van der Waals surface area contributed by atoms with Gasteiger partial charge in [-0.1, -0.05) is 13.8 Å². The number of nitrogens with zero attached hydrogens (tertiary/aromatic N) is 3. The monoisotopic (exact) mass is 277 g/mol. The van der Waals surface area contributed by atoms with Crippen molar-refractivity contribution in [1.29, 1.82) is 0 Å². The van der Waals surface area contributed by atoms with Gasteiger partial charge in [0.2, 0.25) is 0 Å². The molecule has 0 spiro atoms. The third-order valence-electron chi connectivity index (χ3n) is 4.27. The summed E-state index contributed by atoms with van der Waals surface area (Å²) in [6.45, 7) is 4.48. The number of hydrogen-bond acceptors (Lipinski definition) is 5. The lowest BCUT2D eigenvalue weighted by Gasteiger charge is -2.34. The first-order valence-corrected chi connectivity index (χ1v) is 7.71. The maximum Gasteiger partial charge on any atom is 0.145 e. The lowest BCUT2D eigenvalue weighted by molar-refractivity contribution is 0.340. The summed E-state index contributed by atoms with van der Waals surface area (Å²) in [7, 11) is 2.14. The minimum atomic E-state index is 0.584. The third kappa shape index (κ3) is 3.60. The van der Waals surface area contributed by atoms with Gasteiger partial charge in [0.05, 0.1) is 0 Å². The number of hydrazine groups is 1. The highest BCUT2D eigenvalue weighted by atomic mass is 15.3. The van der Waals surface area contributed by atoms with Crippen LogP contribution in [0.3, 0.4) is 0 Å². The molecule has 112 valence electrons. The van der Waals surface area contributed by atoms with E-state index in [9.17, 15) is 0 Å². The van der Waals surface area contributed by atoms with E-state index in [-0.39, 0.29) is 0 Å². The van der Waals surface area contributed by atoms with E-state index in [4.69, 9.17) is 5.84 Å². The third-order valence-corrected chi connectivity index (χ3v) is 4.27. The van der Waals surface area contributed by atoms with E-state index < -0.39 is 0 Å². The molecule has 0 amide bonds. The lowest BCUT2D eigenvalue weighted by Crippen LogP contribution is -2.35. The van der Waals surface area contributed by atoms with Gasteiger partial charge in [-0.2, -0.15) is 0 Å². The van der Waals surface area contributed by atoms with Crippen LogP contribution in [0.15, 0.2) is 6.07 Å². The zero-order valence-electron chi connectivity index (χ0n) is 12.9. The van der Waals surface area contributed by atoms with E-state index in [2.05, 4.69) is 41.2 Å². The minimum Gasteiger partial charge on any atom is -0.357 e. The first-order chi connectivity index (χ1) is 9.63. The summed E-state index contributed by atoms with van der Waals surface area (Å²) < 4.78 is 0. The van der Waals surface area contributed by atoms with E-state index in [1.807, 2.05) is 6.07 Å². The summed E-state index contributed by atoms with van der Waals surface area (Å²) in [6.07, 6.45) is 7.04. The predicted octanol–water partition coefficient (Wildman–Crippen LogP) is 2.73. The van der Waals surface area contributed by atoms with E-state index in [1.54, 1.807) is 0 Å². The van der Waals surface area contributed by atoms with Gasteiger partial charge in [-0.15, -0.1) is 0 Å². The molecule has 0 bridgehead atoms. The lowest BCUT2D eigenvalue weighted by atomic mass is 9.87. The number of nitrogens with two attached hydrogens (primary N) is 1. The largest absolute Gasteiger partial charge is 0.357 e. The molecule has 2 rings (SSSR count). The number of aromatic nitrogens is 2. The van der Waals surface area contributed by atoms with E-state index in [1.165, 1.54) is 25.7 Å². The fraction of sp³-hybridized carbons (Fsp3) is 0.733. The fourth-order valence-electron chi connectivity index (χ4n) is 2.89. The zero-order chi connectivity index (χ0) is 14.5. The first kappa shape index (κ1) is 15.0. The topological polar surface area (TPSA) is 67.1 Å². The van der Waals surface area contributed by atoms with Crippen LogP contribution in [-0.2, 0) is 6.42 Å². The Labute approximate surface area is 121 Å². The number of nitrogens with one attached hydrogen (secondary N) is 1. The van der Waals surface area contributed by atoms with Crippen molar-refractivity contribution in [2.45, 2.75) is 58.4 Å². The second-order valence-corrected chi connectivity index (χ2v) is 5.95. The Morgan fingerprint density at radius 1 is 1.30 bits per heavy atom. The molecule has 0 unspecified atom stereocenters. The molecule has 3 N–H and O–H groups in total. The minimum absolute atomic E-state index is 0.584. The molecule has 1 aromatic rings. The summed E-state index contributed by atoms with van der Waals surface area (Å²) in [5.41, 5.74) is 2.65. The highest BCUT2D eigenvalue weighted by molar-refractivity contribution is 5.49. The molecule has 20 heavy (non-hydrogen) atoms. The van der Waals surface area contributed by atoms with Gasteiger partial charge in [0.15, 0.2) is 0 Å². The van der Waals surface area contributed by atoms with Crippen LogP contribution in [0.1, 0.15) is 51.8 Å². The van der Waals surface area contributed by atoms with Crippen molar-refractivity contribution in [3.05, 3.63) is 11.9 Å². The zero-order valence-corrected chi connectivity index (χ0v) is 12.9. The SMILES string of the molecule is CCCc1nc(NN)cc(N(C)C2CCC(C)CC2)n1. The van der Waals surface area contributed by atoms with E-state index >= 15 is 0 Å². The van der Waals surface area contributed by atoms with Gasteiger partial charge in [-0.25, -0.2) is 15.8 Å². The molecule has 5 heteroatoms. The summed E-state index contributed by atoms with van der Waals surface area (Å²) in [5, 5.41) is 0. The number of rotatable bonds is 5. The summed E-state index contributed by atoms with van der Waals surface area (Å²) in [4.78, 5) is 11.4. The van der Waals surface area contributed by atoms with Crippen LogP contribution in [-0.4, -0.2) is 23.1 Å². The summed E-state index contributed by atoms with van der Waals surface area (Å²) >= 11 is 0. The quantitative estimate of drug-likeness (QED) is 0.640. The Morgan fingerprint density at radius 3 is 2.60 bits per heavy atom.